The van der Waals surface area contributed by atoms with Gasteiger partial charge in [-0.15, -0.1) is 0 Å². The number of aldehydes is 1. The number of hydrogen-bond donors (Lipinski definition) is 1. The molecule has 1 unspecified atom stereocenters. The fraction of sp³-hybridized carbons (Fsp3) is 0.300. The monoisotopic (exact) mass is 179 g/mol. The van der Waals surface area contributed by atoms with Gasteiger partial charge in [-0.3, -0.25) is 10.5 Å². The summed E-state index contributed by atoms with van der Waals surface area (Å²) < 4.78 is 5.09. The van der Waals surface area contributed by atoms with Crippen LogP contribution in [0.2, 0.25) is 0 Å². The lowest BCUT2D eigenvalue weighted by molar-refractivity contribution is 0.00720. The lowest BCUT2D eigenvalue weighted by Crippen LogP contribution is -2.35. The van der Waals surface area contributed by atoms with Crippen LogP contribution in [-0.4, -0.2) is 13.4 Å². The molecule has 1 rings (SSSR count). The first-order valence-electron chi connectivity index (χ1n) is 4.00. The van der Waals surface area contributed by atoms with Gasteiger partial charge in [-0.1, -0.05) is 24.3 Å². The van der Waals surface area contributed by atoms with Crippen LogP contribution in [0, 0.1) is 0 Å². The van der Waals surface area contributed by atoms with Crippen LogP contribution in [0.3, 0.4) is 0 Å². The molecule has 3 nitrogen and oxygen atoms in total. The van der Waals surface area contributed by atoms with E-state index in [0.29, 0.717) is 11.1 Å². The van der Waals surface area contributed by atoms with Crippen LogP contribution in [0.4, 0.5) is 0 Å². The third kappa shape index (κ3) is 1.94. The van der Waals surface area contributed by atoms with Crippen molar-refractivity contribution in [2.75, 3.05) is 7.11 Å². The van der Waals surface area contributed by atoms with Crippen LogP contribution in [0.15, 0.2) is 24.3 Å². The third-order valence-electron chi connectivity index (χ3n) is 2.05. The van der Waals surface area contributed by atoms with Crippen LogP contribution < -0.4 is 5.73 Å². The Kier molecular flexibility index (Phi) is 2.80. The number of rotatable bonds is 3. The second kappa shape index (κ2) is 3.68. The van der Waals surface area contributed by atoms with Crippen molar-refractivity contribution >= 4 is 6.29 Å². The summed E-state index contributed by atoms with van der Waals surface area (Å²) in [6, 6.07) is 7.12. The predicted molar refractivity (Wildman–Crippen MR) is 50.4 cm³/mol. The molecule has 1 aromatic carbocycles. The second-order valence-electron chi connectivity index (χ2n) is 3.02. The number of hydrogen-bond acceptors (Lipinski definition) is 3. The topological polar surface area (TPSA) is 52.3 Å². The van der Waals surface area contributed by atoms with Crippen LogP contribution in [-0.2, 0) is 10.5 Å². The van der Waals surface area contributed by atoms with Crippen molar-refractivity contribution in [2.24, 2.45) is 5.73 Å². The quantitative estimate of drug-likeness (QED) is 0.561. The van der Waals surface area contributed by atoms with Crippen LogP contribution >= 0.6 is 0 Å². The molecule has 0 fully saturated rings. The fourth-order valence-electron chi connectivity index (χ4n) is 1.16. The molecule has 0 heterocycles. The fourth-order valence-corrected chi connectivity index (χ4v) is 1.16. The maximum atomic E-state index is 10.7. The van der Waals surface area contributed by atoms with Crippen molar-refractivity contribution in [1.82, 2.24) is 0 Å². The number of benzene rings is 1. The summed E-state index contributed by atoms with van der Waals surface area (Å²) in [6.07, 6.45) is 0.777. The van der Waals surface area contributed by atoms with Crippen LogP contribution in [0.5, 0.6) is 0 Å². The van der Waals surface area contributed by atoms with E-state index in [-0.39, 0.29) is 0 Å². The standard InChI is InChI=1S/C10H13NO2/c1-10(11,13-2)9-6-4-3-5-8(9)7-12/h3-7H,11H2,1-2H3. The number of carbonyl (C=O) groups is 1. The zero-order valence-corrected chi connectivity index (χ0v) is 7.78. The van der Waals surface area contributed by atoms with Gasteiger partial charge >= 0.3 is 0 Å². The minimum absolute atomic E-state index is 0.564. The predicted octanol–water partition coefficient (Wildman–Crippen LogP) is 1.28. The normalized spacial score (nSPS) is 15.0. The van der Waals surface area contributed by atoms with Gasteiger partial charge in [0.2, 0.25) is 0 Å². The van der Waals surface area contributed by atoms with Gasteiger partial charge in [-0.25, -0.2) is 0 Å². The summed E-state index contributed by atoms with van der Waals surface area (Å²) in [5, 5.41) is 0. The molecular formula is C10H13NO2. The van der Waals surface area contributed by atoms with Gasteiger partial charge in [-0.2, -0.15) is 0 Å². The Morgan fingerprint density at radius 2 is 2.08 bits per heavy atom. The number of nitrogens with two attached hydrogens (primary N) is 1. The van der Waals surface area contributed by atoms with E-state index in [1.807, 2.05) is 6.07 Å². The first kappa shape index (κ1) is 9.89. The lowest BCUT2D eigenvalue weighted by Gasteiger charge is -2.24. The summed E-state index contributed by atoms with van der Waals surface area (Å²) in [4.78, 5) is 10.7. The molecule has 13 heavy (non-hydrogen) atoms. The zero-order chi connectivity index (χ0) is 9.90. The first-order valence-corrected chi connectivity index (χ1v) is 4.00. The summed E-state index contributed by atoms with van der Waals surface area (Å²) in [6.45, 7) is 1.72. The SMILES string of the molecule is COC(C)(N)c1ccccc1C=O. The highest BCUT2D eigenvalue weighted by Gasteiger charge is 2.22. The van der Waals surface area contributed by atoms with Gasteiger partial charge in [0, 0.05) is 18.2 Å². The van der Waals surface area contributed by atoms with E-state index in [9.17, 15) is 4.79 Å². The Morgan fingerprint density at radius 1 is 1.46 bits per heavy atom. The molecule has 2 N–H and O–H groups in total. The minimum Gasteiger partial charge on any atom is -0.360 e. The average Bonchev–Trinajstić information content (AvgIpc) is 2.18. The van der Waals surface area contributed by atoms with Crippen molar-refractivity contribution in [2.45, 2.75) is 12.6 Å². The maximum absolute atomic E-state index is 10.7. The van der Waals surface area contributed by atoms with E-state index in [0.717, 1.165) is 6.29 Å². The molecule has 0 aromatic heterocycles. The lowest BCUT2D eigenvalue weighted by atomic mass is 10.00. The first-order chi connectivity index (χ1) is 6.11. The highest BCUT2D eigenvalue weighted by molar-refractivity contribution is 5.77. The summed E-state index contributed by atoms with van der Waals surface area (Å²) in [5.41, 5.74) is 6.19. The van der Waals surface area contributed by atoms with Crippen molar-refractivity contribution in [3.8, 4) is 0 Å². The maximum Gasteiger partial charge on any atom is 0.150 e. The molecule has 0 aliphatic carbocycles. The van der Waals surface area contributed by atoms with Crippen molar-refractivity contribution in [3.63, 3.8) is 0 Å². The van der Waals surface area contributed by atoms with Crippen LogP contribution in [0.1, 0.15) is 22.8 Å². The molecule has 1 aromatic rings. The molecule has 0 aliphatic heterocycles. The van der Waals surface area contributed by atoms with Gasteiger partial charge in [0.25, 0.3) is 0 Å². The van der Waals surface area contributed by atoms with Gasteiger partial charge < -0.3 is 4.74 Å². The van der Waals surface area contributed by atoms with E-state index < -0.39 is 5.72 Å². The third-order valence-corrected chi connectivity index (χ3v) is 2.05. The number of carbonyl (C=O) groups excluding carboxylic acids is 1. The summed E-state index contributed by atoms with van der Waals surface area (Å²) >= 11 is 0. The molecular weight excluding hydrogens is 166 g/mol. The molecule has 70 valence electrons. The minimum atomic E-state index is -0.905. The smallest absolute Gasteiger partial charge is 0.150 e. The molecule has 0 spiro atoms. The largest absolute Gasteiger partial charge is 0.360 e. The average molecular weight is 179 g/mol. The Bertz CT molecular complexity index is 308. The molecule has 0 saturated heterocycles. The molecule has 0 saturated carbocycles. The molecule has 3 heteroatoms. The molecule has 0 bridgehead atoms. The number of ether oxygens (including phenoxy) is 1. The van der Waals surface area contributed by atoms with Crippen molar-refractivity contribution in [1.29, 1.82) is 0 Å². The Hall–Kier alpha value is -1.19. The van der Waals surface area contributed by atoms with Crippen LogP contribution in [0.25, 0.3) is 0 Å². The Morgan fingerprint density at radius 3 is 2.62 bits per heavy atom. The van der Waals surface area contributed by atoms with E-state index in [4.69, 9.17) is 10.5 Å². The van der Waals surface area contributed by atoms with Gasteiger partial charge in [0.15, 0.2) is 0 Å². The number of methoxy groups -OCH3 is 1. The summed E-state index contributed by atoms with van der Waals surface area (Å²) in [5.74, 6) is 0. The molecule has 1 atom stereocenters. The Labute approximate surface area is 77.5 Å². The van der Waals surface area contributed by atoms with E-state index in [1.54, 1.807) is 25.1 Å². The van der Waals surface area contributed by atoms with Gasteiger partial charge in [0.1, 0.15) is 12.0 Å². The van der Waals surface area contributed by atoms with Crippen molar-refractivity contribution in [3.05, 3.63) is 35.4 Å². The van der Waals surface area contributed by atoms with E-state index in [2.05, 4.69) is 0 Å². The highest BCUT2D eigenvalue weighted by Crippen LogP contribution is 2.20. The molecule has 0 radical (unpaired) electrons. The summed E-state index contributed by atoms with van der Waals surface area (Å²) in [7, 11) is 1.52. The van der Waals surface area contributed by atoms with Crippen molar-refractivity contribution < 1.29 is 9.53 Å². The van der Waals surface area contributed by atoms with E-state index >= 15 is 0 Å². The molecule has 0 aliphatic rings. The van der Waals surface area contributed by atoms with Gasteiger partial charge in [0.05, 0.1) is 0 Å². The van der Waals surface area contributed by atoms with E-state index in [1.165, 1.54) is 7.11 Å². The second-order valence-corrected chi connectivity index (χ2v) is 3.02. The van der Waals surface area contributed by atoms with Gasteiger partial charge in [-0.05, 0) is 6.92 Å². The molecule has 0 amide bonds. The Balaban J connectivity index is 3.20. The zero-order valence-electron chi connectivity index (χ0n) is 7.78. The highest BCUT2D eigenvalue weighted by atomic mass is 16.5.